The van der Waals surface area contributed by atoms with Gasteiger partial charge in [0, 0.05) is 25.3 Å². The highest BCUT2D eigenvalue weighted by atomic mass is 16.5. The number of nitrogens with zero attached hydrogens (tertiary/aromatic N) is 1. The van der Waals surface area contributed by atoms with E-state index in [9.17, 15) is 0 Å². The number of hydrogen-bond acceptors (Lipinski definition) is 3. The molecule has 1 aromatic rings. The third-order valence-corrected chi connectivity index (χ3v) is 4.03. The van der Waals surface area contributed by atoms with Crippen molar-refractivity contribution in [3.05, 3.63) is 23.3 Å². The third-order valence-electron chi connectivity index (χ3n) is 4.03. The van der Waals surface area contributed by atoms with Gasteiger partial charge in [0.15, 0.2) is 0 Å². The zero-order valence-electron chi connectivity index (χ0n) is 12.6. The van der Waals surface area contributed by atoms with Crippen LogP contribution in [0.1, 0.15) is 30.4 Å². The van der Waals surface area contributed by atoms with Crippen LogP contribution in [0.3, 0.4) is 0 Å². The molecule has 1 aromatic carbocycles. The Labute approximate surface area is 116 Å². The molecule has 0 radical (unpaired) electrons. The topological polar surface area (TPSA) is 24.5 Å². The van der Waals surface area contributed by atoms with Gasteiger partial charge in [-0.05, 0) is 56.5 Å². The quantitative estimate of drug-likeness (QED) is 0.903. The number of hydrogen-bond donors (Lipinski definition) is 1. The van der Waals surface area contributed by atoms with Gasteiger partial charge in [-0.3, -0.25) is 0 Å². The molecule has 0 spiro atoms. The van der Waals surface area contributed by atoms with E-state index in [1.165, 1.54) is 42.6 Å². The summed E-state index contributed by atoms with van der Waals surface area (Å²) in [6.07, 6.45) is 3.96. The fourth-order valence-corrected chi connectivity index (χ4v) is 2.91. The van der Waals surface area contributed by atoms with Gasteiger partial charge >= 0.3 is 0 Å². The predicted molar refractivity (Wildman–Crippen MR) is 81.4 cm³/mol. The minimum absolute atomic E-state index is 0.626. The number of rotatable bonds is 4. The summed E-state index contributed by atoms with van der Waals surface area (Å²) in [5.74, 6) is 0.977. The first-order chi connectivity index (χ1) is 9.11. The van der Waals surface area contributed by atoms with Gasteiger partial charge in [0.1, 0.15) is 5.75 Å². The van der Waals surface area contributed by atoms with Crippen LogP contribution in [0, 0.1) is 13.8 Å². The maximum atomic E-state index is 5.38. The highest BCUT2D eigenvalue weighted by Gasteiger charge is 2.16. The fraction of sp³-hybridized carbons (Fsp3) is 0.625. The van der Waals surface area contributed by atoms with Gasteiger partial charge in [0.25, 0.3) is 0 Å². The SMILES string of the molecule is COc1cc(C)c(N(C)CC2CCCCN2)cc1C. The van der Waals surface area contributed by atoms with Crippen LogP contribution < -0.4 is 15.0 Å². The average molecular weight is 262 g/mol. The number of likely N-dealkylation sites (N-methyl/N-ethyl adjacent to an activating group) is 1. The molecule has 0 bridgehead atoms. The van der Waals surface area contributed by atoms with Gasteiger partial charge in [-0.25, -0.2) is 0 Å². The largest absolute Gasteiger partial charge is 0.496 e. The van der Waals surface area contributed by atoms with Crippen LogP contribution in [0.5, 0.6) is 5.75 Å². The van der Waals surface area contributed by atoms with E-state index < -0.39 is 0 Å². The average Bonchev–Trinajstić information content (AvgIpc) is 2.42. The summed E-state index contributed by atoms with van der Waals surface area (Å²) in [5.41, 5.74) is 3.79. The Kier molecular flexibility index (Phi) is 4.70. The van der Waals surface area contributed by atoms with Gasteiger partial charge in [-0.1, -0.05) is 6.42 Å². The number of piperidine rings is 1. The lowest BCUT2D eigenvalue weighted by Crippen LogP contribution is -2.42. The van der Waals surface area contributed by atoms with Crippen molar-refractivity contribution in [1.29, 1.82) is 0 Å². The summed E-state index contributed by atoms with van der Waals surface area (Å²) in [7, 11) is 3.92. The van der Waals surface area contributed by atoms with Crippen LogP contribution in [0.15, 0.2) is 12.1 Å². The maximum Gasteiger partial charge on any atom is 0.122 e. The first kappa shape index (κ1) is 14.2. The Bertz CT molecular complexity index is 425. The summed E-state index contributed by atoms with van der Waals surface area (Å²) in [5, 5.41) is 3.61. The van der Waals surface area contributed by atoms with Gasteiger partial charge in [-0.15, -0.1) is 0 Å². The molecular weight excluding hydrogens is 236 g/mol. The Balaban J connectivity index is 2.09. The molecule has 1 heterocycles. The van der Waals surface area contributed by atoms with Crippen LogP contribution in [0.4, 0.5) is 5.69 Å². The molecule has 106 valence electrons. The van der Waals surface area contributed by atoms with Crippen molar-refractivity contribution in [1.82, 2.24) is 5.32 Å². The summed E-state index contributed by atoms with van der Waals surface area (Å²) in [6.45, 7) is 6.50. The van der Waals surface area contributed by atoms with E-state index in [1.807, 2.05) is 0 Å². The van der Waals surface area contributed by atoms with E-state index in [4.69, 9.17) is 4.74 Å². The first-order valence-electron chi connectivity index (χ1n) is 7.21. The maximum absolute atomic E-state index is 5.38. The minimum atomic E-state index is 0.626. The minimum Gasteiger partial charge on any atom is -0.496 e. The van der Waals surface area contributed by atoms with Crippen LogP contribution in [-0.4, -0.2) is 33.3 Å². The lowest BCUT2D eigenvalue weighted by atomic mass is 10.0. The van der Waals surface area contributed by atoms with Crippen LogP contribution in [0.2, 0.25) is 0 Å². The zero-order valence-corrected chi connectivity index (χ0v) is 12.6. The molecule has 1 N–H and O–H groups in total. The molecular formula is C16H26N2O. The molecule has 3 heteroatoms. The van der Waals surface area contributed by atoms with Crippen molar-refractivity contribution in [2.24, 2.45) is 0 Å². The third kappa shape index (κ3) is 3.41. The van der Waals surface area contributed by atoms with Crippen molar-refractivity contribution in [2.75, 3.05) is 32.1 Å². The van der Waals surface area contributed by atoms with Gasteiger partial charge in [0.05, 0.1) is 7.11 Å². The monoisotopic (exact) mass is 262 g/mol. The molecule has 3 nitrogen and oxygen atoms in total. The van der Waals surface area contributed by atoms with E-state index in [-0.39, 0.29) is 0 Å². The molecule has 1 aliphatic rings. The van der Waals surface area contributed by atoms with Crippen molar-refractivity contribution >= 4 is 5.69 Å². The number of nitrogens with one attached hydrogen (secondary N) is 1. The van der Waals surface area contributed by atoms with Gasteiger partial charge in [0.2, 0.25) is 0 Å². The van der Waals surface area contributed by atoms with Crippen molar-refractivity contribution in [3.63, 3.8) is 0 Å². The zero-order chi connectivity index (χ0) is 13.8. The number of benzene rings is 1. The second-order valence-corrected chi connectivity index (χ2v) is 5.64. The molecule has 1 saturated heterocycles. The van der Waals surface area contributed by atoms with Crippen molar-refractivity contribution in [2.45, 2.75) is 39.2 Å². The van der Waals surface area contributed by atoms with Crippen molar-refractivity contribution in [3.8, 4) is 5.75 Å². The molecule has 2 rings (SSSR count). The molecule has 1 fully saturated rings. The molecule has 0 saturated carbocycles. The normalized spacial score (nSPS) is 19.3. The number of aryl methyl sites for hydroxylation is 2. The molecule has 1 aliphatic heterocycles. The summed E-state index contributed by atoms with van der Waals surface area (Å²) in [4.78, 5) is 2.37. The van der Waals surface area contributed by atoms with E-state index in [1.54, 1.807) is 7.11 Å². The van der Waals surface area contributed by atoms with Crippen molar-refractivity contribution < 1.29 is 4.74 Å². The summed E-state index contributed by atoms with van der Waals surface area (Å²) in [6, 6.07) is 4.99. The predicted octanol–water partition coefficient (Wildman–Crippen LogP) is 2.89. The lowest BCUT2D eigenvalue weighted by Gasteiger charge is -2.30. The van der Waals surface area contributed by atoms with Crippen LogP contribution >= 0.6 is 0 Å². The molecule has 0 aliphatic carbocycles. The highest BCUT2D eigenvalue weighted by Crippen LogP contribution is 2.28. The lowest BCUT2D eigenvalue weighted by molar-refractivity contribution is 0.402. The smallest absolute Gasteiger partial charge is 0.122 e. The molecule has 0 aromatic heterocycles. The highest BCUT2D eigenvalue weighted by molar-refractivity contribution is 5.58. The molecule has 0 amide bonds. The first-order valence-corrected chi connectivity index (χ1v) is 7.21. The van der Waals surface area contributed by atoms with Gasteiger partial charge < -0.3 is 15.0 Å². The Morgan fingerprint density at radius 2 is 2.05 bits per heavy atom. The van der Waals surface area contributed by atoms with E-state index in [0.29, 0.717) is 6.04 Å². The molecule has 1 atom stereocenters. The van der Waals surface area contributed by atoms with Crippen LogP contribution in [-0.2, 0) is 0 Å². The Hall–Kier alpha value is -1.22. The van der Waals surface area contributed by atoms with E-state index in [0.717, 1.165) is 12.3 Å². The van der Waals surface area contributed by atoms with E-state index in [2.05, 4.69) is 43.2 Å². The van der Waals surface area contributed by atoms with E-state index >= 15 is 0 Å². The summed E-state index contributed by atoms with van der Waals surface area (Å²) >= 11 is 0. The Morgan fingerprint density at radius 3 is 2.68 bits per heavy atom. The second-order valence-electron chi connectivity index (χ2n) is 5.64. The Morgan fingerprint density at radius 1 is 1.26 bits per heavy atom. The van der Waals surface area contributed by atoms with Gasteiger partial charge in [-0.2, -0.15) is 0 Å². The van der Waals surface area contributed by atoms with Crippen LogP contribution in [0.25, 0.3) is 0 Å². The second kappa shape index (κ2) is 6.29. The number of ether oxygens (including phenoxy) is 1. The molecule has 19 heavy (non-hydrogen) atoms. The fourth-order valence-electron chi connectivity index (χ4n) is 2.91. The number of methoxy groups -OCH3 is 1. The molecule has 1 unspecified atom stereocenters. The summed E-state index contributed by atoms with van der Waals surface area (Å²) < 4.78 is 5.38. The number of anilines is 1. The standard InChI is InChI=1S/C16H26N2O/c1-12-10-16(19-4)13(2)9-15(12)18(3)11-14-7-5-6-8-17-14/h9-10,14,17H,5-8,11H2,1-4H3.